The molecule has 0 atom stereocenters. The fourth-order valence-electron chi connectivity index (χ4n) is 0.974. The number of unbranched alkanes of at least 4 members (excludes halogenated alkanes) is 2. The van der Waals surface area contributed by atoms with Crippen molar-refractivity contribution in [2.45, 2.75) is 39.5 Å². The molecule has 0 aliphatic rings. The maximum atomic E-state index is 11.1. The standard InChI is InChI=1S/C10H16NO2/c1-3-5-6-7-9(8-11)10(12)13-4-2/h3-7H2,1-2H3/q-1. The molecule has 0 saturated heterocycles. The minimum atomic E-state index is -0.457. The molecular formula is C10H16NO2-. The number of esters is 1. The Labute approximate surface area is 79.3 Å². The number of ether oxygens (including phenoxy) is 1. The average Bonchev–Trinajstić information content (AvgIpc) is 2.13. The van der Waals surface area contributed by atoms with E-state index in [4.69, 9.17) is 10.1 Å². The van der Waals surface area contributed by atoms with Crippen molar-refractivity contribution in [1.82, 2.24) is 0 Å². The number of carbonyl (C=O) groups excluding carboxylic acids is 1. The summed E-state index contributed by atoms with van der Waals surface area (Å²) < 4.78 is 4.73. The average molecular weight is 182 g/mol. The topological polar surface area (TPSA) is 48.6 Å². The Kier molecular flexibility index (Phi) is 6.93. The summed E-state index contributed by atoms with van der Waals surface area (Å²) in [6.07, 6.45) is 3.56. The highest BCUT2D eigenvalue weighted by atomic mass is 16.5. The Balaban J connectivity index is 3.90. The van der Waals surface area contributed by atoms with E-state index in [1.807, 2.05) is 5.87 Å². The zero-order valence-electron chi connectivity index (χ0n) is 8.30. The van der Waals surface area contributed by atoms with E-state index in [1.165, 1.54) is 0 Å². The van der Waals surface area contributed by atoms with Gasteiger partial charge in [0.1, 0.15) is 0 Å². The first kappa shape index (κ1) is 11.9. The highest BCUT2D eigenvalue weighted by molar-refractivity contribution is 5.98. The lowest BCUT2D eigenvalue weighted by Crippen LogP contribution is -2.08. The monoisotopic (exact) mass is 182 g/mol. The summed E-state index contributed by atoms with van der Waals surface area (Å²) in [6, 6.07) is 0. The molecule has 3 nitrogen and oxygen atoms in total. The summed E-state index contributed by atoms with van der Waals surface area (Å²) >= 11 is 0. The summed E-state index contributed by atoms with van der Waals surface area (Å²) in [4.78, 5) is 11.1. The fraction of sp³-hybridized carbons (Fsp3) is 0.700. The fourth-order valence-corrected chi connectivity index (χ4v) is 0.974. The molecule has 0 radical (unpaired) electrons. The van der Waals surface area contributed by atoms with Crippen LogP contribution in [0.1, 0.15) is 39.5 Å². The Morgan fingerprint density at radius 1 is 1.38 bits per heavy atom. The molecule has 0 rings (SSSR count). The third-order valence-corrected chi connectivity index (χ3v) is 1.69. The molecule has 0 aromatic carbocycles. The van der Waals surface area contributed by atoms with Crippen molar-refractivity contribution in [3.63, 3.8) is 0 Å². The largest absolute Gasteiger partial charge is 0.763 e. The Morgan fingerprint density at radius 2 is 2.08 bits per heavy atom. The zero-order chi connectivity index (χ0) is 10.1. The first-order valence-electron chi connectivity index (χ1n) is 4.69. The van der Waals surface area contributed by atoms with Crippen LogP contribution in [-0.2, 0) is 9.53 Å². The van der Waals surface area contributed by atoms with E-state index in [1.54, 1.807) is 6.92 Å². The van der Waals surface area contributed by atoms with Gasteiger partial charge >= 0.3 is 5.97 Å². The van der Waals surface area contributed by atoms with E-state index in [0.29, 0.717) is 13.0 Å². The molecular weight excluding hydrogens is 166 g/mol. The van der Waals surface area contributed by atoms with E-state index in [9.17, 15) is 4.79 Å². The molecule has 0 aliphatic heterocycles. The maximum Gasteiger partial charge on any atom is 0.339 e. The molecule has 0 spiro atoms. The lowest BCUT2D eigenvalue weighted by Gasteiger charge is -2.04. The van der Waals surface area contributed by atoms with Crippen LogP contribution in [0.25, 0.3) is 5.41 Å². The molecule has 74 valence electrons. The number of nitrogens with zero attached hydrogens (tertiary/aromatic N) is 1. The molecule has 0 aromatic rings. The van der Waals surface area contributed by atoms with Gasteiger partial charge < -0.3 is 10.1 Å². The van der Waals surface area contributed by atoms with Crippen molar-refractivity contribution < 1.29 is 9.53 Å². The van der Waals surface area contributed by atoms with Gasteiger partial charge in [0.25, 0.3) is 0 Å². The highest BCUT2D eigenvalue weighted by Gasteiger charge is 2.06. The van der Waals surface area contributed by atoms with E-state index in [-0.39, 0.29) is 5.57 Å². The summed E-state index contributed by atoms with van der Waals surface area (Å²) in [5, 5.41) is 8.63. The summed E-state index contributed by atoms with van der Waals surface area (Å²) in [5.74, 6) is 1.43. The normalized spacial score (nSPS) is 9.08. The van der Waals surface area contributed by atoms with Crippen molar-refractivity contribution in [2.75, 3.05) is 6.61 Å². The van der Waals surface area contributed by atoms with Crippen LogP contribution in [0.2, 0.25) is 0 Å². The van der Waals surface area contributed by atoms with Gasteiger partial charge in [-0.3, -0.25) is 5.87 Å². The van der Waals surface area contributed by atoms with Crippen molar-refractivity contribution in [1.29, 1.82) is 0 Å². The summed E-state index contributed by atoms with van der Waals surface area (Å²) in [7, 11) is 0. The van der Waals surface area contributed by atoms with Crippen LogP contribution in [0, 0.1) is 0 Å². The second-order valence-electron chi connectivity index (χ2n) is 2.77. The molecule has 0 heterocycles. The van der Waals surface area contributed by atoms with E-state index >= 15 is 0 Å². The van der Waals surface area contributed by atoms with E-state index in [0.717, 1.165) is 19.3 Å². The SMILES string of the molecule is CCCCCC(=C=[N-])C(=O)OCC. The number of hydrogen-bond acceptors (Lipinski definition) is 2. The molecule has 0 fully saturated rings. The molecule has 0 aromatic heterocycles. The van der Waals surface area contributed by atoms with Crippen molar-refractivity contribution >= 4 is 11.8 Å². The number of carbonyl (C=O) groups is 1. The van der Waals surface area contributed by atoms with Crippen LogP contribution < -0.4 is 0 Å². The second-order valence-corrected chi connectivity index (χ2v) is 2.77. The van der Waals surface area contributed by atoms with Crippen molar-refractivity contribution in [2.24, 2.45) is 0 Å². The molecule has 0 bridgehead atoms. The van der Waals surface area contributed by atoms with Crippen LogP contribution in [0.3, 0.4) is 0 Å². The Morgan fingerprint density at radius 3 is 2.54 bits per heavy atom. The smallest absolute Gasteiger partial charge is 0.339 e. The van der Waals surface area contributed by atoms with Gasteiger partial charge in [-0.15, -0.1) is 0 Å². The van der Waals surface area contributed by atoms with Crippen LogP contribution >= 0.6 is 0 Å². The molecule has 0 saturated carbocycles. The first-order chi connectivity index (χ1) is 6.26. The highest BCUT2D eigenvalue weighted by Crippen LogP contribution is 2.07. The van der Waals surface area contributed by atoms with Gasteiger partial charge in [-0.2, -0.15) is 0 Å². The molecule has 0 unspecified atom stereocenters. The molecule has 0 aliphatic carbocycles. The maximum absolute atomic E-state index is 11.1. The van der Waals surface area contributed by atoms with Gasteiger partial charge in [0, 0.05) is 0 Å². The first-order valence-corrected chi connectivity index (χ1v) is 4.69. The third-order valence-electron chi connectivity index (χ3n) is 1.69. The van der Waals surface area contributed by atoms with Crippen LogP contribution in [-0.4, -0.2) is 18.4 Å². The molecule has 3 heteroatoms. The van der Waals surface area contributed by atoms with Gasteiger partial charge in [0.05, 0.1) is 12.2 Å². The molecule has 0 amide bonds. The minimum absolute atomic E-state index is 0.246. The zero-order valence-corrected chi connectivity index (χ0v) is 8.30. The van der Waals surface area contributed by atoms with Gasteiger partial charge in [-0.05, 0) is 19.8 Å². The minimum Gasteiger partial charge on any atom is -0.763 e. The summed E-state index contributed by atoms with van der Waals surface area (Å²) in [5.41, 5.74) is 0.246. The third kappa shape index (κ3) is 5.21. The van der Waals surface area contributed by atoms with Gasteiger partial charge in [-0.1, -0.05) is 19.8 Å². The summed E-state index contributed by atoms with van der Waals surface area (Å²) in [6.45, 7) is 4.15. The number of rotatable bonds is 6. The van der Waals surface area contributed by atoms with E-state index < -0.39 is 5.97 Å². The quantitative estimate of drug-likeness (QED) is 0.274. The van der Waals surface area contributed by atoms with Crippen molar-refractivity contribution in [3.05, 3.63) is 11.0 Å². The lowest BCUT2D eigenvalue weighted by molar-refractivity contribution is -0.138. The lowest BCUT2D eigenvalue weighted by atomic mass is 10.1. The van der Waals surface area contributed by atoms with Crippen molar-refractivity contribution in [3.8, 4) is 0 Å². The van der Waals surface area contributed by atoms with Gasteiger partial charge in [0.15, 0.2) is 0 Å². The van der Waals surface area contributed by atoms with E-state index in [2.05, 4.69) is 6.92 Å². The predicted molar refractivity (Wildman–Crippen MR) is 52.7 cm³/mol. The molecule has 13 heavy (non-hydrogen) atoms. The van der Waals surface area contributed by atoms with Gasteiger partial charge in [-0.25, -0.2) is 4.79 Å². The van der Waals surface area contributed by atoms with Gasteiger partial charge in [0.2, 0.25) is 0 Å². The van der Waals surface area contributed by atoms with Crippen LogP contribution in [0.15, 0.2) is 5.57 Å². The second kappa shape index (κ2) is 7.56. The Hall–Kier alpha value is -1.08. The van der Waals surface area contributed by atoms with Crippen LogP contribution in [0.4, 0.5) is 0 Å². The molecule has 0 N–H and O–H groups in total. The van der Waals surface area contributed by atoms with Crippen LogP contribution in [0.5, 0.6) is 0 Å². The Bertz CT molecular complexity index is 205. The predicted octanol–water partition coefficient (Wildman–Crippen LogP) is 2.30. The number of hydrogen-bond donors (Lipinski definition) is 0.